The maximum absolute atomic E-state index is 13.0. The lowest BCUT2D eigenvalue weighted by molar-refractivity contribution is -0.870. The van der Waals surface area contributed by atoms with Gasteiger partial charge in [0.2, 0.25) is 0 Å². The van der Waals surface area contributed by atoms with Crippen molar-refractivity contribution in [2.45, 2.75) is 360 Å². The minimum Gasteiger partial charge on any atom is -0.545 e. The van der Waals surface area contributed by atoms with Crippen LogP contribution in [-0.2, 0) is 33.3 Å². The summed E-state index contributed by atoms with van der Waals surface area (Å²) in [5.41, 5.74) is 0. The number of quaternary nitrogens is 1. The number of unbranched alkanes of at least 4 members (excludes halogenated alkanes) is 40. The first-order valence-electron chi connectivity index (χ1n) is 38.4. The van der Waals surface area contributed by atoms with Crippen molar-refractivity contribution in [3.05, 3.63) is 97.2 Å². The Hall–Kier alpha value is -3.79. The standard InChI is InChI=1S/C82H145NO8/c1-6-8-10-12-14-16-18-20-22-24-26-28-30-32-34-36-38-40-42-44-46-48-50-52-54-56-58-60-62-64-66-68-70-72-79(84)89-76-78(77-90-82(81(86)87)88-75-74-83(3,4)5)91-80(85)73-71-69-67-65-63-61-59-57-55-53-51-49-47-45-43-41-39-37-35-33-31-29-27-25-23-21-19-17-15-13-11-9-7-2/h9,11,15,17,21,23-24,26-27,29,33,35,39,41,45,47,78,82H,6-8,10,12-14,16,18-20,22,25,28,30-32,34,36-38,40,42-44,46,48-77H2,1-5H3/b11-9-,17-15-,23-21-,26-24-,29-27-,35-33-,41-39-,47-45-. The Morgan fingerprint density at radius 3 is 0.945 bits per heavy atom. The number of allylic oxidation sites excluding steroid dienone is 16. The zero-order valence-electron chi connectivity index (χ0n) is 60.2. The van der Waals surface area contributed by atoms with Crippen molar-refractivity contribution in [3.63, 3.8) is 0 Å². The molecule has 0 aromatic carbocycles. The fourth-order valence-electron chi connectivity index (χ4n) is 11.0. The molecule has 0 N–H and O–H groups in total. The van der Waals surface area contributed by atoms with Crippen LogP contribution in [0.1, 0.15) is 348 Å². The minimum absolute atomic E-state index is 0.145. The van der Waals surface area contributed by atoms with E-state index in [1.165, 1.54) is 225 Å². The number of likely N-dealkylation sites (N-methyl/N-ethyl adjacent to an activating group) is 1. The smallest absolute Gasteiger partial charge is 0.306 e. The Bertz CT molecular complexity index is 1820. The van der Waals surface area contributed by atoms with E-state index in [0.717, 1.165) is 89.9 Å². The molecule has 9 heteroatoms. The van der Waals surface area contributed by atoms with Gasteiger partial charge >= 0.3 is 11.9 Å². The molecule has 0 aromatic heterocycles. The van der Waals surface area contributed by atoms with E-state index >= 15 is 0 Å². The summed E-state index contributed by atoms with van der Waals surface area (Å²) < 4.78 is 22.8. The molecule has 0 fully saturated rings. The molecule has 0 aliphatic carbocycles. The van der Waals surface area contributed by atoms with Gasteiger partial charge in [-0.15, -0.1) is 0 Å². The maximum Gasteiger partial charge on any atom is 0.306 e. The molecule has 0 spiro atoms. The molecule has 0 saturated heterocycles. The molecule has 91 heavy (non-hydrogen) atoms. The SMILES string of the molecule is CC/C=C\C/C=C\C/C=C\C/C=C\C/C=C\C/C=C\C/C=C\CCCCCCCCCCCCCC(=O)OC(COC(=O)CCCCCCCCCCCCCCCCCCCCCCC/C=C\CCCCCCCCCC)COC(OCC[N+](C)(C)C)C(=O)[O-]. The molecular weight excluding hydrogens is 1130 g/mol. The largest absolute Gasteiger partial charge is 0.545 e. The highest BCUT2D eigenvalue weighted by Gasteiger charge is 2.22. The van der Waals surface area contributed by atoms with E-state index < -0.39 is 24.3 Å². The van der Waals surface area contributed by atoms with E-state index in [-0.39, 0.29) is 32.2 Å². The summed E-state index contributed by atoms with van der Waals surface area (Å²) >= 11 is 0. The summed E-state index contributed by atoms with van der Waals surface area (Å²) in [7, 11) is 5.94. The van der Waals surface area contributed by atoms with E-state index in [0.29, 0.717) is 23.9 Å². The predicted octanol–water partition coefficient (Wildman–Crippen LogP) is 23.0. The quantitative estimate of drug-likeness (QED) is 0.0195. The van der Waals surface area contributed by atoms with Crippen molar-refractivity contribution in [1.29, 1.82) is 0 Å². The van der Waals surface area contributed by atoms with Gasteiger partial charge in [0.1, 0.15) is 13.2 Å². The monoisotopic (exact) mass is 1270 g/mol. The molecule has 2 atom stereocenters. The number of nitrogens with zero attached hydrogens (tertiary/aromatic N) is 1. The first-order chi connectivity index (χ1) is 44.6. The van der Waals surface area contributed by atoms with E-state index in [9.17, 15) is 19.5 Å². The van der Waals surface area contributed by atoms with Gasteiger partial charge < -0.3 is 33.3 Å². The number of carbonyl (C=O) groups is 3. The van der Waals surface area contributed by atoms with Crippen LogP contribution in [0, 0.1) is 0 Å². The average Bonchev–Trinajstić information content (AvgIpc) is 3.46. The van der Waals surface area contributed by atoms with Gasteiger partial charge in [-0.25, -0.2) is 0 Å². The van der Waals surface area contributed by atoms with Crippen molar-refractivity contribution in [1.82, 2.24) is 0 Å². The normalized spacial score (nSPS) is 13.2. The molecule has 0 rings (SSSR count). The van der Waals surface area contributed by atoms with Gasteiger partial charge in [-0.2, -0.15) is 0 Å². The van der Waals surface area contributed by atoms with Gasteiger partial charge in [-0.3, -0.25) is 9.59 Å². The Morgan fingerprint density at radius 1 is 0.341 bits per heavy atom. The topological polar surface area (TPSA) is 111 Å². The predicted molar refractivity (Wildman–Crippen MR) is 389 cm³/mol. The summed E-state index contributed by atoms with van der Waals surface area (Å²) in [4.78, 5) is 37.6. The van der Waals surface area contributed by atoms with Crippen LogP contribution in [0.3, 0.4) is 0 Å². The van der Waals surface area contributed by atoms with Crippen LogP contribution in [-0.4, -0.2) is 82.3 Å². The first-order valence-corrected chi connectivity index (χ1v) is 38.4. The van der Waals surface area contributed by atoms with Crippen molar-refractivity contribution >= 4 is 17.9 Å². The molecule has 0 aromatic rings. The zero-order chi connectivity index (χ0) is 66.1. The second-order valence-electron chi connectivity index (χ2n) is 26.9. The number of carboxylic acids is 1. The second kappa shape index (κ2) is 72.0. The summed E-state index contributed by atoms with van der Waals surface area (Å²) in [6.07, 6.45) is 96.6. The van der Waals surface area contributed by atoms with Crippen molar-refractivity contribution in [2.75, 3.05) is 47.5 Å². The van der Waals surface area contributed by atoms with Gasteiger partial charge in [0.25, 0.3) is 0 Å². The molecule has 0 saturated carbocycles. The highest BCUT2D eigenvalue weighted by atomic mass is 16.7. The second-order valence-corrected chi connectivity index (χ2v) is 26.9. The molecule has 0 radical (unpaired) electrons. The summed E-state index contributed by atoms with van der Waals surface area (Å²) in [5, 5.41) is 11.9. The van der Waals surface area contributed by atoms with Gasteiger partial charge in [-0.05, 0) is 96.3 Å². The Balaban J connectivity index is 4.06. The highest BCUT2D eigenvalue weighted by molar-refractivity contribution is 5.70. The van der Waals surface area contributed by atoms with E-state index in [1.807, 2.05) is 21.1 Å². The number of carbonyl (C=O) groups excluding carboxylic acids is 3. The van der Waals surface area contributed by atoms with E-state index in [2.05, 4.69) is 111 Å². The highest BCUT2D eigenvalue weighted by Crippen LogP contribution is 2.18. The molecular formula is C82H145NO8. The van der Waals surface area contributed by atoms with Gasteiger partial charge in [0.05, 0.1) is 40.3 Å². The van der Waals surface area contributed by atoms with Crippen molar-refractivity contribution in [2.24, 2.45) is 0 Å². The molecule has 2 unspecified atom stereocenters. The minimum atomic E-state index is -1.63. The fourth-order valence-corrected chi connectivity index (χ4v) is 11.0. The van der Waals surface area contributed by atoms with E-state index in [4.69, 9.17) is 18.9 Å². The molecule has 9 nitrogen and oxygen atoms in total. The Kier molecular flexibility index (Phi) is 69.0. The number of ether oxygens (including phenoxy) is 4. The third-order valence-electron chi connectivity index (χ3n) is 16.8. The molecule has 0 aliphatic heterocycles. The zero-order valence-corrected chi connectivity index (χ0v) is 60.2. The Labute approximate surface area is 562 Å². The molecule has 0 heterocycles. The van der Waals surface area contributed by atoms with Crippen LogP contribution in [0.2, 0.25) is 0 Å². The molecule has 526 valence electrons. The third kappa shape index (κ3) is 73.5. The number of carboxylic acid groups (broad SMARTS) is 1. The van der Waals surface area contributed by atoms with Crippen LogP contribution in [0.25, 0.3) is 0 Å². The molecule has 0 bridgehead atoms. The number of rotatable bonds is 71. The first kappa shape index (κ1) is 87.2. The third-order valence-corrected chi connectivity index (χ3v) is 16.8. The summed E-state index contributed by atoms with van der Waals surface area (Å²) in [5.74, 6) is -2.27. The van der Waals surface area contributed by atoms with Crippen LogP contribution in [0.4, 0.5) is 0 Å². The summed E-state index contributed by atoms with van der Waals surface area (Å²) in [6.45, 7) is 4.67. The Morgan fingerprint density at radius 2 is 0.626 bits per heavy atom. The lowest BCUT2D eigenvalue weighted by Crippen LogP contribution is -2.44. The molecule has 0 amide bonds. The van der Waals surface area contributed by atoms with Crippen LogP contribution in [0.15, 0.2) is 97.2 Å². The lowest BCUT2D eigenvalue weighted by atomic mass is 10.0. The fraction of sp³-hybridized carbons (Fsp3) is 0.768. The number of aliphatic carboxylic acids is 1. The van der Waals surface area contributed by atoms with E-state index in [1.54, 1.807) is 0 Å². The number of hydrogen-bond donors (Lipinski definition) is 0. The number of hydrogen-bond acceptors (Lipinski definition) is 8. The maximum atomic E-state index is 13.0. The van der Waals surface area contributed by atoms with Gasteiger partial charge in [0.15, 0.2) is 12.4 Å². The van der Waals surface area contributed by atoms with Crippen LogP contribution >= 0.6 is 0 Å². The van der Waals surface area contributed by atoms with Crippen LogP contribution < -0.4 is 5.11 Å². The summed E-state index contributed by atoms with van der Waals surface area (Å²) in [6, 6.07) is 0. The average molecular weight is 1270 g/mol. The molecule has 0 aliphatic rings. The van der Waals surface area contributed by atoms with Gasteiger partial charge in [-0.1, -0.05) is 336 Å². The van der Waals surface area contributed by atoms with Crippen molar-refractivity contribution in [3.8, 4) is 0 Å². The lowest BCUT2D eigenvalue weighted by Gasteiger charge is -2.26. The van der Waals surface area contributed by atoms with Crippen LogP contribution in [0.5, 0.6) is 0 Å². The number of esters is 2. The van der Waals surface area contributed by atoms with Gasteiger partial charge in [0, 0.05) is 12.8 Å². The van der Waals surface area contributed by atoms with Crippen molar-refractivity contribution < 1.29 is 42.9 Å².